The Morgan fingerprint density at radius 3 is 2.54 bits per heavy atom. The number of carbonyl (C=O) groups is 1. The van der Waals surface area contributed by atoms with Crippen LogP contribution in [0.1, 0.15) is 31.2 Å². The van der Waals surface area contributed by atoms with Gasteiger partial charge in [0.15, 0.2) is 0 Å². The van der Waals surface area contributed by atoms with Gasteiger partial charge in [0.2, 0.25) is 5.91 Å². The molecule has 2 aromatic carbocycles. The van der Waals surface area contributed by atoms with E-state index in [0.717, 1.165) is 36.4 Å². The highest BCUT2D eigenvalue weighted by Crippen LogP contribution is 2.28. The van der Waals surface area contributed by atoms with E-state index in [1.807, 2.05) is 31.2 Å². The lowest BCUT2D eigenvalue weighted by Crippen LogP contribution is -2.36. The van der Waals surface area contributed by atoms with Crippen molar-refractivity contribution in [3.63, 3.8) is 0 Å². The van der Waals surface area contributed by atoms with Crippen LogP contribution >= 0.6 is 0 Å². The number of hydrogen-bond donors (Lipinski definition) is 1. The predicted molar refractivity (Wildman–Crippen MR) is 102 cm³/mol. The van der Waals surface area contributed by atoms with Crippen molar-refractivity contribution in [2.75, 3.05) is 36.5 Å². The van der Waals surface area contributed by atoms with Crippen molar-refractivity contribution in [1.29, 1.82) is 0 Å². The zero-order chi connectivity index (χ0) is 18.4. The van der Waals surface area contributed by atoms with Crippen LogP contribution in [0.4, 0.5) is 15.8 Å². The van der Waals surface area contributed by atoms with Crippen LogP contribution in [0, 0.1) is 5.82 Å². The first-order valence-electron chi connectivity index (χ1n) is 9.14. The van der Waals surface area contributed by atoms with Crippen LogP contribution in [-0.4, -0.2) is 32.2 Å². The molecule has 4 nitrogen and oxygen atoms in total. The third kappa shape index (κ3) is 4.61. The molecule has 1 aliphatic heterocycles. The fraction of sp³-hybridized carbons (Fsp3) is 0.381. The van der Waals surface area contributed by atoms with Gasteiger partial charge in [-0.15, -0.1) is 0 Å². The monoisotopic (exact) mass is 356 g/mol. The van der Waals surface area contributed by atoms with Gasteiger partial charge in [-0.1, -0.05) is 31.2 Å². The molecule has 1 unspecified atom stereocenters. The Hall–Kier alpha value is -2.40. The fourth-order valence-electron chi connectivity index (χ4n) is 3.32. The summed E-state index contributed by atoms with van der Waals surface area (Å²) in [6.07, 6.45) is 1.20. The van der Waals surface area contributed by atoms with Crippen molar-refractivity contribution < 1.29 is 13.9 Å². The molecule has 1 aliphatic rings. The largest absolute Gasteiger partial charge is 0.378 e. The van der Waals surface area contributed by atoms with Gasteiger partial charge in [0.25, 0.3) is 0 Å². The number of ether oxygens (including phenoxy) is 1. The normalized spacial score (nSPS) is 15.5. The van der Waals surface area contributed by atoms with Crippen LogP contribution in [0.5, 0.6) is 0 Å². The quantitative estimate of drug-likeness (QED) is 0.844. The van der Waals surface area contributed by atoms with Crippen LogP contribution in [0.15, 0.2) is 48.5 Å². The third-order valence-corrected chi connectivity index (χ3v) is 4.80. The van der Waals surface area contributed by atoms with E-state index >= 15 is 0 Å². The van der Waals surface area contributed by atoms with E-state index in [2.05, 4.69) is 10.2 Å². The van der Waals surface area contributed by atoms with Crippen molar-refractivity contribution in [1.82, 2.24) is 0 Å². The molecule has 1 fully saturated rings. The molecule has 0 aliphatic carbocycles. The van der Waals surface area contributed by atoms with Crippen molar-refractivity contribution >= 4 is 17.3 Å². The van der Waals surface area contributed by atoms with Crippen LogP contribution in [-0.2, 0) is 9.53 Å². The zero-order valence-electron chi connectivity index (χ0n) is 15.1. The summed E-state index contributed by atoms with van der Waals surface area (Å²) < 4.78 is 18.5. The second kappa shape index (κ2) is 8.81. The average Bonchev–Trinajstić information content (AvgIpc) is 2.68. The standard InChI is InChI=1S/C21H25FN2O2/c1-2-16(17-7-9-18(22)10-8-17)15-21(25)23-19-5-3-4-6-20(19)24-11-13-26-14-12-24/h3-10,16H,2,11-15H2,1H3,(H,23,25). The second-order valence-electron chi connectivity index (χ2n) is 6.53. The number of carbonyl (C=O) groups excluding carboxylic acids is 1. The Morgan fingerprint density at radius 2 is 1.85 bits per heavy atom. The van der Waals surface area contributed by atoms with E-state index in [9.17, 15) is 9.18 Å². The van der Waals surface area contributed by atoms with Crippen LogP contribution in [0.2, 0.25) is 0 Å². The molecule has 3 rings (SSSR count). The van der Waals surface area contributed by atoms with Crippen molar-refractivity contribution in [3.8, 4) is 0 Å². The maximum atomic E-state index is 13.1. The molecule has 0 saturated carbocycles. The van der Waals surface area contributed by atoms with Crippen LogP contribution in [0.25, 0.3) is 0 Å². The van der Waals surface area contributed by atoms with Crippen molar-refractivity contribution in [2.45, 2.75) is 25.7 Å². The molecule has 138 valence electrons. The van der Waals surface area contributed by atoms with Gasteiger partial charge in [-0.25, -0.2) is 4.39 Å². The number of morpholine rings is 1. The van der Waals surface area contributed by atoms with Gasteiger partial charge >= 0.3 is 0 Å². The molecule has 1 saturated heterocycles. The Labute approximate surface area is 154 Å². The lowest BCUT2D eigenvalue weighted by atomic mass is 9.93. The Morgan fingerprint density at radius 1 is 1.15 bits per heavy atom. The molecule has 5 heteroatoms. The van der Waals surface area contributed by atoms with Gasteiger partial charge in [-0.2, -0.15) is 0 Å². The van der Waals surface area contributed by atoms with Gasteiger partial charge in [-0.3, -0.25) is 4.79 Å². The summed E-state index contributed by atoms with van der Waals surface area (Å²) in [4.78, 5) is 14.9. The van der Waals surface area contributed by atoms with Crippen LogP contribution in [0.3, 0.4) is 0 Å². The molecule has 0 spiro atoms. The molecule has 26 heavy (non-hydrogen) atoms. The molecular formula is C21H25FN2O2. The minimum atomic E-state index is -0.257. The Balaban J connectivity index is 1.68. The summed E-state index contributed by atoms with van der Waals surface area (Å²) in [5.41, 5.74) is 2.85. The maximum Gasteiger partial charge on any atom is 0.225 e. The average molecular weight is 356 g/mol. The van der Waals surface area contributed by atoms with Gasteiger partial charge < -0.3 is 15.0 Å². The van der Waals surface area contributed by atoms with Gasteiger partial charge in [-0.05, 0) is 42.2 Å². The number of anilines is 2. The van der Waals surface area contributed by atoms with E-state index in [1.165, 1.54) is 12.1 Å². The number of rotatable bonds is 6. The summed E-state index contributed by atoms with van der Waals surface area (Å²) in [6.45, 7) is 5.08. The van der Waals surface area contributed by atoms with E-state index in [0.29, 0.717) is 19.6 Å². The zero-order valence-corrected chi connectivity index (χ0v) is 15.1. The van der Waals surface area contributed by atoms with E-state index in [-0.39, 0.29) is 17.6 Å². The summed E-state index contributed by atoms with van der Waals surface area (Å²) in [6, 6.07) is 14.3. The lowest BCUT2D eigenvalue weighted by Gasteiger charge is -2.30. The summed E-state index contributed by atoms with van der Waals surface area (Å²) >= 11 is 0. The second-order valence-corrected chi connectivity index (χ2v) is 6.53. The fourth-order valence-corrected chi connectivity index (χ4v) is 3.32. The minimum Gasteiger partial charge on any atom is -0.378 e. The van der Waals surface area contributed by atoms with E-state index < -0.39 is 0 Å². The first-order chi connectivity index (χ1) is 12.7. The predicted octanol–water partition coefficient (Wildman–Crippen LogP) is 4.18. The molecule has 1 amide bonds. The van der Waals surface area contributed by atoms with Crippen LogP contribution < -0.4 is 10.2 Å². The highest BCUT2D eigenvalue weighted by Gasteiger charge is 2.18. The molecule has 0 aromatic heterocycles. The third-order valence-electron chi connectivity index (χ3n) is 4.80. The number of hydrogen-bond acceptors (Lipinski definition) is 3. The topological polar surface area (TPSA) is 41.6 Å². The Bertz CT molecular complexity index is 727. The van der Waals surface area contributed by atoms with E-state index in [4.69, 9.17) is 4.74 Å². The highest BCUT2D eigenvalue weighted by molar-refractivity contribution is 5.94. The van der Waals surface area contributed by atoms with E-state index in [1.54, 1.807) is 12.1 Å². The first kappa shape index (κ1) is 18.4. The minimum absolute atomic E-state index is 0.0260. The summed E-state index contributed by atoms with van der Waals surface area (Å²) in [5.74, 6) is -0.208. The molecule has 0 bridgehead atoms. The number of benzene rings is 2. The molecule has 1 heterocycles. The van der Waals surface area contributed by atoms with Crippen molar-refractivity contribution in [2.24, 2.45) is 0 Å². The summed E-state index contributed by atoms with van der Waals surface area (Å²) in [7, 11) is 0. The molecule has 1 N–H and O–H groups in total. The number of nitrogens with one attached hydrogen (secondary N) is 1. The van der Waals surface area contributed by atoms with Crippen molar-refractivity contribution in [3.05, 3.63) is 59.9 Å². The molecule has 0 radical (unpaired) electrons. The first-order valence-corrected chi connectivity index (χ1v) is 9.14. The highest BCUT2D eigenvalue weighted by atomic mass is 19.1. The Kier molecular flexibility index (Phi) is 6.23. The smallest absolute Gasteiger partial charge is 0.225 e. The SMILES string of the molecule is CCC(CC(=O)Nc1ccccc1N1CCOCC1)c1ccc(F)cc1. The lowest BCUT2D eigenvalue weighted by molar-refractivity contribution is -0.116. The van der Waals surface area contributed by atoms with Gasteiger partial charge in [0, 0.05) is 19.5 Å². The van der Waals surface area contributed by atoms with Gasteiger partial charge in [0.1, 0.15) is 5.82 Å². The number of para-hydroxylation sites is 2. The molecule has 1 atom stereocenters. The number of nitrogens with zero attached hydrogens (tertiary/aromatic N) is 1. The number of halogens is 1. The number of amides is 1. The summed E-state index contributed by atoms with van der Waals surface area (Å²) in [5, 5.41) is 3.06. The molecular weight excluding hydrogens is 331 g/mol. The molecule has 2 aromatic rings. The van der Waals surface area contributed by atoms with Gasteiger partial charge in [0.05, 0.1) is 24.6 Å². The maximum absolute atomic E-state index is 13.1.